The number of nitrogens with one attached hydrogen (secondary N) is 5. The van der Waals surface area contributed by atoms with Gasteiger partial charge in [-0.15, -0.1) is 0 Å². The molecule has 0 saturated heterocycles. The molecular formula is C39H73N7O21P2S4-2. The quantitative estimate of drug-likeness (QED) is 0.0141. The first-order valence-electron chi connectivity index (χ1n) is 21.6. The zero-order valence-electron chi connectivity index (χ0n) is 40.8. The molecule has 0 aliphatic rings. The maximum Gasteiger partial charge on any atom is 0.406 e. The van der Waals surface area contributed by atoms with E-state index in [1.807, 2.05) is 0 Å². The maximum absolute atomic E-state index is 12.1. The molecule has 0 aromatic rings. The molecule has 0 aliphatic carbocycles. The molecule has 0 radical (unpaired) electrons. The number of carbonyl (C=O) groups is 9. The summed E-state index contributed by atoms with van der Waals surface area (Å²) in [7, 11) is 7.02. The third kappa shape index (κ3) is 55.8. The van der Waals surface area contributed by atoms with Crippen LogP contribution < -0.4 is 25.4 Å². The minimum atomic E-state index is -0.913. The van der Waals surface area contributed by atoms with Gasteiger partial charge < -0.3 is 82.2 Å². The van der Waals surface area contributed by atoms with Crippen LogP contribution in [0.15, 0.2) is 0 Å². The summed E-state index contributed by atoms with van der Waals surface area (Å²) in [5.41, 5.74) is 0. The summed E-state index contributed by atoms with van der Waals surface area (Å²) in [6, 6.07) is 0. The van der Waals surface area contributed by atoms with Crippen molar-refractivity contribution in [3.8, 4) is 0 Å². The van der Waals surface area contributed by atoms with Crippen LogP contribution in [-0.2, 0) is 130 Å². The Bertz CT molecular complexity index is 1740. The Labute approximate surface area is 443 Å². The lowest BCUT2D eigenvalue weighted by atomic mass is 10.4. The number of amides is 5. The highest BCUT2D eigenvalue weighted by atomic mass is 32.9. The standard InChI is InChI=1S/C22H40N4O12PS2.C16H29N3O9PS2.CH4/c1-18(27)23-3-7-33-11-13-35-16-20(29)37-9-5-26(15-19(28)25-41(39)40)6-10-38-21(30)17-36-14-12-34-8-4-24-22(31)32-2;1-13(20)27-7-4-19(11-14(21)18-31(29)30)5-8-28-15(22)12-26-10-9-25-6-3-17-16(23)24-2;/h39H,3-17H2,1-2H3,(H,23,27)(H,24,31)(H,25,28,40);29H,3-12H2,1-2H3,(H,17,23)(H,18,21,30);1H4/q2*-1;. The molecule has 5 amide bonds. The van der Waals surface area contributed by atoms with E-state index in [1.165, 1.54) is 28.1 Å². The molecule has 5 N–H and O–H groups in total. The fourth-order valence-corrected chi connectivity index (χ4v) is 6.33. The highest BCUT2D eigenvalue weighted by molar-refractivity contribution is 8.38. The Morgan fingerprint density at radius 1 is 0.452 bits per heavy atom. The summed E-state index contributed by atoms with van der Waals surface area (Å²) in [6.07, 6.45) is -1.10. The number of alkyl carbamates (subject to hydrolysis) is 2. The Morgan fingerprint density at radius 3 is 1.04 bits per heavy atom. The molecule has 0 unspecified atom stereocenters. The number of hydrogen-bond acceptors (Lipinski definition) is 27. The van der Waals surface area contributed by atoms with Gasteiger partial charge in [-0.05, 0) is 0 Å². The lowest BCUT2D eigenvalue weighted by Crippen LogP contribution is -2.40. The van der Waals surface area contributed by atoms with E-state index in [0.29, 0.717) is 19.7 Å². The molecule has 0 aromatic heterocycles. The van der Waals surface area contributed by atoms with E-state index in [9.17, 15) is 43.2 Å². The Morgan fingerprint density at radius 2 is 0.753 bits per heavy atom. The molecule has 0 spiro atoms. The second-order valence-electron chi connectivity index (χ2n) is 13.5. The van der Waals surface area contributed by atoms with Crippen molar-refractivity contribution in [2.24, 2.45) is 0 Å². The van der Waals surface area contributed by atoms with Crippen LogP contribution in [0.5, 0.6) is 0 Å². The smallest absolute Gasteiger partial charge is 0.406 e. The van der Waals surface area contributed by atoms with Gasteiger partial charge in [0.25, 0.3) is 0 Å². The average Bonchev–Trinajstić information content (AvgIpc) is 3.30. The number of esters is 4. The molecule has 0 heterocycles. The van der Waals surface area contributed by atoms with Crippen molar-refractivity contribution in [3.05, 3.63) is 0 Å². The average molecular weight is 1170 g/mol. The van der Waals surface area contributed by atoms with E-state index >= 15 is 0 Å². The van der Waals surface area contributed by atoms with Gasteiger partial charge in [0.15, 0.2) is 0 Å². The van der Waals surface area contributed by atoms with Crippen LogP contribution in [0.25, 0.3) is 0 Å². The first-order valence-corrected chi connectivity index (χ1v) is 28.4. The lowest BCUT2D eigenvalue weighted by molar-refractivity contribution is -0.151. The summed E-state index contributed by atoms with van der Waals surface area (Å²) >= 11 is 9.76. The van der Waals surface area contributed by atoms with Crippen LogP contribution in [0, 0.1) is 0 Å². The van der Waals surface area contributed by atoms with Gasteiger partial charge in [0, 0.05) is 59.7 Å². The predicted octanol–water partition coefficient (Wildman–Crippen LogP) is -2.31. The van der Waals surface area contributed by atoms with Gasteiger partial charge in [-0.25, -0.2) is 46.3 Å². The number of nitrogens with zero attached hydrogens (tertiary/aromatic N) is 2. The predicted molar refractivity (Wildman–Crippen MR) is 276 cm³/mol. The summed E-state index contributed by atoms with van der Waals surface area (Å²) in [5.74, 6) is -3.00. The molecule has 73 heavy (non-hydrogen) atoms. The van der Waals surface area contributed by atoms with Gasteiger partial charge in [0.05, 0.1) is 86.8 Å². The van der Waals surface area contributed by atoms with E-state index in [1.54, 1.807) is 9.80 Å². The van der Waals surface area contributed by atoms with Gasteiger partial charge in [0.1, 0.15) is 46.2 Å². The molecule has 426 valence electrons. The number of methoxy groups -OCH3 is 2. The van der Waals surface area contributed by atoms with Crippen molar-refractivity contribution in [2.45, 2.75) is 21.3 Å². The van der Waals surface area contributed by atoms with Gasteiger partial charge >= 0.3 is 36.1 Å². The second-order valence-corrected chi connectivity index (χ2v) is 21.2. The third-order valence-electron chi connectivity index (χ3n) is 7.67. The summed E-state index contributed by atoms with van der Waals surface area (Å²) in [5, 5.41) is 7.49. The fraction of sp³-hybridized carbons (Fsp3) is 0.769. The van der Waals surface area contributed by atoms with Crippen molar-refractivity contribution >= 4 is 110 Å². The zero-order valence-corrected chi connectivity index (χ0v) is 46.0. The van der Waals surface area contributed by atoms with Crippen LogP contribution in [0.1, 0.15) is 21.3 Å². The molecular weight excluding hydrogens is 1090 g/mol. The van der Waals surface area contributed by atoms with Crippen LogP contribution in [0.4, 0.5) is 9.59 Å². The topological polar surface area (TPSA) is 331 Å². The van der Waals surface area contributed by atoms with E-state index in [4.69, 9.17) is 69.7 Å². The van der Waals surface area contributed by atoms with Crippen molar-refractivity contribution < 1.29 is 100.0 Å². The summed E-state index contributed by atoms with van der Waals surface area (Å²) in [6.45, 7) is 5.85. The van der Waals surface area contributed by atoms with Crippen LogP contribution >= 0.6 is 16.0 Å². The molecule has 28 nitrogen and oxygen atoms in total. The molecule has 0 aliphatic heterocycles. The van der Waals surface area contributed by atoms with Gasteiger partial charge in [0.2, 0.25) is 17.7 Å². The van der Waals surface area contributed by atoms with E-state index < -0.39 is 53.7 Å². The number of hydrogen-bond donors (Lipinski definition) is 5. The van der Waals surface area contributed by atoms with E-state index in [-0.39, 0.29) is 170 Å². The van der Waals surface area contributed by atoms with Crippen LogP contribution in [0.3, 0.4) is 0 Å². The summed E-state index contributed by atoms with van der Waals surface area (Å²) < 4.78 is 65.3. The van der Waals surface area contributed by atoms with Gasteiger partial charge in [-0.3, -0.25) is 62.6 Å². The molecule has 0 fully saturated rings. The second kappa shape index (κ2) is 51.7. The minimum absolute atomic E-state index is 0. The molecule has 0 rings (SSSR count). The Hall–Kier alpha value is -3.75. The fourth-order valence-electron chi connectivity index (χ4n) is 4.55. The highest BCUT2D eigenvalue weighted by Crippen LogP contribution is 1.95. The van der Waals surface area contributed by atoms with E-state index in [2.05, 4.69) is 50.9 Å². The molecule has 0 saturated carbocycles. The van der Waals surface area contributed by atoms with Crippen LogP contribution in [0.2, 0.25) is 0 Å². The first-order chi connectivity index (χ1) is 34.4. The molecule has 0 bridgehead atoms. The van der Waals surface area contributed by atoms with Crippen molar-refractivity contribution in [1.82, 2.24) is 35.2 Å². The van der Waals surface area contributed by atoms with Gasteiger partial charge in [-0.1, -0.05) is 7.43 Å². The maximum atomic E-state index is 12.1. The zero-order chi connectivity index (χ0) is 54.2. The number of carbonyl (C=O) groups excluding carboxylic acids is 9. The normalized spacial score (nSPS) is 10.5. The SMILES string of the molecule is C.COC(=O)NCCOCCOCC(=O)OCCN(CCOC(=O)COCCOCCNC(C)=O)CC(=O)N[S-](=P)=S.COC(=O)NCCOCCOCC(=O)OCCN(CCOC(C)=O)CC(=O)N[S-](=P)=S. The Kier molecular flexibility index (Phi) is 52.1. The van der Waals surface area contributed by atoms with E-state index in [0.717, 1.165) is 0 Å². The minimum Gasteiger partial charge on any atom is -0.465 e. The highest BCUT2D eigenvalue weighted by Gasteiger charge is 2.14. The van der Waals surface area contributed by atoms with Crippen molar-refractivity contribution in [3.63, 3.8) is 0 Å². The van der Waals surface area contributed by atoms with Gasteiger partial charge in [-0.2, -0.15) is 0 Å². The number of ether oxygens (including phenoxy) is 12. The largest absolute Gasteiger partial charge is 0.465 e. The molecule has 0 aromatic carbocycles. The van der Waals surface area contributed by atoms with Crippen molar-refractivity contribution in [1.29, 1.82) is 0 Å². The first kappa shape index (κ1) is 73.5. The third-order valence-corrected chi connectivity index (χ3v) is 9.61. The van der Waals surface area contributed by atoms with Crippen LogP contribution in [-0.4, -0.2) is 242 Å². The molecule has 0 atom stereocenters. The summed E-state index contributed by atoms with van der Waals surface area (Å²) in [4.78, 5) is 106. The Balaban J connectivity index is -0.00000137. The monoisotopic (exact) mass is 1170 g/mol. The molecule has 34 heteroatoms. The lowest BCUT2D eigenvalue weighted by Gasteiger charge is -2.22. The van der Waals surface area contributed by atoms with Crippen molar-refractivity contribution in [2.75, 3.05) is 179 Å². The number of rotatable bonds is 42.